The normalized spacial score (nSPS) is 10.8. The fraction of sp³-hybridized carbons (Fsp3) is 0.154. The molecule has 2 N–H and O–H groups in total. The maximum atomic E-state index is 5.72. The third-order valence-electron chi connectivity index (χ3n) is 3.02. The number of nitrogens with two attached hydrogens (primary N) is 1. The molecule has 96 valence electrons. The quantitative estimate of drug-likeness (QED) is 0.764. The van der Waals surface area contributed by atoms with Gasteiger partial charge in [-0.15, -0.1) is 0 Å². The molecular weight excluding hydrogens is 240 g/mol. The Hall–Kier alpha value is -2.63. The van der Waals surface area contributed by atoms with Crippen LogP contribution < -0.4 is 5.73 Å². The number of nitrogens with zero attached hydrogens (tertiary/aromatic N) is 5. The number of aryl methyl sites for hydroxylation is 1. The van der Waals surface area contributed by atoms with Gasteiger partial charge in [-0.1, -0.05) is 0 Å². The molecule has 3 aromatic heterocycles. The molecular formula is C13H14N6. The van der Waals surface area contributed by atoms with Crippen LogP contribution in [0.4, 0.5) is 5.82 Å². The molecule has 0 aliphatic heterocycles. The topological polar surface area (TPSA) is 74.5 Å². The van der Waals surface area contributed by atoms with E-state index < -0.39 is 0 Å². The Morgan fingerprint density at radius 3 is 2.89 bits per heavy atom. The van der Waals surface area contributed by atoms with Gasteiger partial charge in [0.25, 0.3) is 0 Å². The molecule has 0 atom stereocenters. The van der Waals surface area contributed by atoms with Crippen molar-refractivity contribution in [2.24, 2.45) is 7.05 Å². The predicted octanol–water partition coefficient (Wildman–Crippen LogP) is 1.31. The maximum Gasteiger partial charge on any atom is 0.128 e. The van der Waals surface area contributed by atoms with Crippen LogP contribution in [0.1, 0.15) is 5.82 Å². The minimum absolute atomic E-state index is 0.502. The van der Waals surface area contributed by atoms with Crippen molar-refractivity contribution in [2.45, 2.75) is 6.54 Å². The lowest BCUT2D eigenvalue weighted by molar-refractivity contribution is 0.703. The minimum atomic E-state index is 0.502. The molecule has 6 heteroatoms. The standard InChI is InChI=1S/C13H14N6/c1-18-5-4-17-13(18)8-19-9-15-7-11(19)10-2-3-16-12(14)6-10/h2-7,9H,8H2,1H3,(H2,14,16). The molecule has 3 rings (SSSR count). The Morgan fingerprint density at radius 2 is 2.16 bits per heavy atom. The van der Waals surface area contributed by atoms with Crippen LogP contribution in [-0.4, -0.2) is 24.1 Å². The second-order valence-electron chi connectivity index (χ2n) is 4.33. The Bertz CT molecular complexity index is 696. The van der Waals surface area contributed by atoms with E-state index in [1.165, 1.54) is 0 Å². The number of hydrogen-bond acceptors (Lipinski definition) is 4. The summed E-state index contributed by atoms with van der Waals surface area (Å²) >= 11 is 0. The zero-order valence-electron chi connectivity index (χ0n) is 10.6. The van der Waals surface area contributed by atoms with Crippen molar-refractivity contribution in [3.63, 3.8) is 0 Å². The summed E-state index contributed by atoms with van der Waals surface area (Å²) in [4.78, 5) is 12.5. The van der Waals surface area contributed by atoms with Crippen molar-refractivity contribution in [1.29, 1.82) is 0 Å². The van der Waals surface area contributed by atoms with Crippen molar-refractivity contribution >= 4 is 5.82 Å². The Kier molecular flexibility index (Phi) is 2.75. The molecule has 0 saturated heterocycles. The minimum Gasteiger partial charge on any atom is -0.384 e. The highest BCUT2D eigenvalue weighted by atomic mass is 15.1. The summed E-state index contributed by atoms with van der Waals surface area (Å²) in [5.74, 6) is 1.48. The monoisotopic (exact) mass is 254 g/mol. The molecule has 0 bridgehead atoms. The average Bonchev–Trinajstić information content (AvgIpc) is 3.00. The first-order chi connectivity index (χ1) is 9.24. The van der Waals surface area contributed by atoms with Crippen LogP contribution in [0.15, 0.2) is 43.2 Å². The molecule has 6 nitrogen and oxygen atoms in total. The highest BCUT2D eigenvalue weighted by molar-refractivity contribution is 5.61. The molecule has 0 aliphatic carbocycles. The van der Waals surface area contributed by atoms with E-state index in [9.17, 15) is 0 Å². The third kappa shape index (κ3) is 2.20. The number of hydrogen-bond donors (Lipinski definition) is 1. The summed E-state index contributed by atoms with van der Waals surface area (Å²) in [7, 11) is 1.98. The molecule has 0 aliphatic rings. The zero-order valence-corrected chi connectivity index (χ0v) is 10.6. The van der Waals surface area contributed by atoms with Gasteiger partial charge in [0.1, 0.15) is 11.6 Å². The van der Waals surface area contributed by atoms with Crippen molar-refractivity contribution in [1.82, 2.24) is 24.1 Å². The fourth-order valence-electron chi connectivity index (χ4n) is 2.00. The summed E-state index contributed by atoms with van der Waals surface area (Å²) in [6.07, 6.45) is 9.02. The van der Waals surface area contributed by atoms with Crippen molar-refractivity contribution in [2.75, 3.05) is 5.73 Å². The van der Waals surface area contributed by atoms with Gasteiger partial charge in [-0.25, -0.2) is 15.0 Å². The summed E-state index contributed by atoms with van der Waals surface area (Å²) in [6.45, 7) is 0.668. The van der Waals surface area contributed by atoms with E-state index in [0.29, 0.717) is 12.4 Å². The molecule has 0 unspecified atom stereocenters. The van der Waals surface area contributed by atoms with Gasteiger partial charge in [0, 0.05) is 31.2 Å². The van der Waals surface area contributed by atoms with Crippen LogP contribution in [0.25, 0.3) is 11.3 Å². The second kappa shape index (κ2) is 4.56. The van der Waals surface area contributed by atoms with Crippen LogP contribution in [0.2, 0.25) is 0 Å². The molecule has 0 spiro atoms. The molecule has 0 saturated carbocycles. The lowest BCUT2D eigenvalue weighted by Crippen LogP contribution is -2.06. The number of aromatic nitrogens is 5. The molecule has 0 radical (unpaired) electrons. The summed E-state index contributed by atoms with van der Waals surface area (Å²) in [5, 5.41) is 0. The molecule has 3 aromatic rings. The average molecular weight is 254 g/mol. The summed E-state index contributed by atoms with van der Waals surface area (Å²) < 4.78 is 4.03. The zero-order chi connectivity index (χ0) is 13.2. The largest absolute Gasteiger partial charge is 0.384 e. The number of imidazole rings is 2. The van der Waals surface area contributed by atoms with Crippen molar-refractivity contribution in [3.8, 4) is 11.3 Å². The van der Waals surface area contributed by atoms with Crippen molar-refractivity contribution in [3.05, 3.63) is 49.1 Å². The van der Waals surface area contributed by atoms with E-state index in [1.807, 2.05) is 40.7 Å². The van der Waals surface area contributed by atoms with Crippen LogP contribution in [-0.2, 0) is 13.6 Å². The predicted molar refractivity (Wildman–Crippen MR) is 72.2 cm³/mol. The molecule has 3 heterocycles. The van der Waals surface area contributed by atoms with E-state index in [2.05, 4.69) is 15.0 Å². The summed E-state index contributed by atoms with van der Waals surface area (Å²) in [6, 6.07) is 3.76. The molecule has 0 aromatic carbocycles. The maximum absolute atomic E-state index is 5.72. The lowest BCUT2D eigenvalue weighted by Gasteiger charge is -2.08. The van der Waals surface area contributed by atoms with Gasteiger partial charge in [-0.3, -0.25) is 0 Å². The number of rotatable bonds is 3. The number of anilines is 1. The van der Waals surface area contributed by atoms with Crippen molar-refractivity contribution < 1.29 is 0 Å². The van der Waals surface area contributed by atoms with Crippen LogP contribution in [0.5, 0.6) is 0 Å². The SMILES string of the molecule is Cn1ccnc1Cn1cncc1-c1ccnc(N)c1. The molecule has 0 fully saturated rings. The van der Waals surface area contributed by atoms with Gasteiger partial charge in [-0.2, -0.15) is 0 Å². The van der Waals surface area contributed by atoms with E-state index >= 15 is 0 Å². The number of nitrogen functional groups attached to an aromatic ring is 1. The van der Waals surface area contributed by atoms with Crippen LogP contribution in [0.3, 0.4) is 0 Å². The molecule has 0 amide bonds. The number of pyridine rings is 1. The van der Waals surface area contributed by atoms with Gasteiger partial charge in [0.2, 0.25) is 0 Å². The smallest absolute Gasteiger partial charge is 0.128 e. The first-order valence-electron chi connectivity index (χ1n) is 5.92. The highest BCUT2D eigenvalue weighted by Crippen LogP contribution is 2.20. The Balaban J connectivity index is 1.97. The van der Waals surface area contributed by atoms with E-state index in [-0.39, 0.29) is 0 Å². The van der Waals surface area contributed by atoms with Gasteiger partial charge in [-0.05, 0) is 12.1 Å². The van der Waals surface area contributed by atoms with Crippen LogP contribution in [0, 0.1) is 0 Å². The van der Waals surface area contributed by atoms with Gasteiger partial charge in [0.05, 0.1) is 24.8 Å². The first-order valence-corrected chi connectivity index (χ1v) is 5.92. The molecule has 19 heavy (non-hydrogen) atoms. The Labute approximate surface area is 110 Å². The van der Waals surface area contributed by atoms with Crippen LogP contribution >= 0.6 is 0 Å². The Morgan fingerprint density at radius 1 is 1.26 bits per heavy atom. The highest BCUT2D eigenvalue weighted by Gasteiger charge is 2.08. The van der Waals surface area contributed by atoms with Gasteiger partial charge < -0.3 is 14.9 Å². The van der Waals surface area contributed by atoms with E-state index in [0.717, 1.165) is 17.1 Å². The second-order valence-corrected chi connectivity index (χ2v) is 4.33. The summed E-state index contributed by atoms with van der Waals surface area (Å²) in [5.41, 5.74) is 7.71. The third-order valence-corrected chi connectivity index (χ3v) is 3.02. The first kappa shape index (κ1) is 11.5. The fourth-order valence-corrected chi connectivity index (χ4v) is 2.00. The lowest BCUT2D eigenvalue weighted by atomic mass is 10.2. The van der Waals surface area contributed by atoms with Gasteiger partial charge in [0.15, 0.2) is 0 Å². The van der Waals surface area contributed by atoms with E-state index in [4.69, 9.17) is 5.73 Å². The van der Waals surface area contributed by atoms with Gasteiger partial charge >= 0.3 is 0 Å². The van der Waals surface area contributed by atoms with E-state index in [1.54, 1.807) is 18.7 Å².